The van der Waals surface area contributed by atoms with E-state index >= 15 is 0 Å². The number of nitrogens with one attached hydrogen (secondary N) is 1. The normalized spacial score (nSPS) is 12.4. The van der Waals surface area contributed by atoms with E-state index in [-0.39, 0.29) is 5.91 Å². The van der Waals surface area contributed by atoms with Crippen molar-refractivity contribution in [3.8, 4) is 0 Å². The van der Waals surface area contributed by atoms with Crippen LogP contribution in [0.3, 0.4) is 0 Å². The Hall–Kier alpha value is -1.42. The van der Waals surface area contributed by atoms with Gasteiger partial charge in [0.05, 0.1) is 16.8 Å². The number of aromatic nitrogens is 1. The minimum atomic E-state index is -0.657. The van der Waals surface area contributed by atoms with Crippen LogP contribution >= 0.6 is 0 Å². The average Bonchev–Trinajstić information content (AvgIpc) is 2.19. The summed E-state index contributed by atoms with van der Waals surface area (Å²) >= 11 is 0. The summed E-state index contributed by atoms with van der Waals surface area (Å²) in [5.74, 6) is -0.0962. The number of pyridine rings is 1. The summed E-state index contributed by atoms with van der Waals surface area (Å²) in [5.41, 5.74) is 6.31. The average molecular weight is 235 g/mol. The molecule has 0 saturated carbocycles. The molecule has 0 radical (unpaired) electrons. The van der Waals surface area contributed by atoms with Gasteiger partial charge in [0, 0.05) is 11.7 Å². The predicted octanol–water partition coefficient (Wildman–Crippen LogP) is 2.09. The van der Waals surface area contributed by atoms with E-state index in [1.54, 1.807) is 12.3 Å². The second-order valence-corrected chi connectivity index (χ2v) is 5.44. The lowest BCUT2D eigenvalue weighted by molar-refractivity contribution is -0.126. The lowest BCUT2D eigenvalue weighted by atomic mass is 9.74. The first kappa shape index (κ1) is 13.6. The zero-order valence-corrected chi connectivity index (χ0v) is 11.2. The first-order valence-electron chi connectivity index (χ1n) is 5.68. The van der Waals surface area contributed by atoms with Crippen LogP contribution in [0, 0.1) is 12.3 Å². The minimum Gasteiger partial charge on any atom is -0.325 e. The number of nitrogens with two attached hydrogens (primary N) is 1. The first-order chi connectivity index (χ1) is 7.66. The number of nitrogens with zero attached hydrogens (tertiary/aromatic N) is 1. The Labute approximate surface area is 103 Å². The highest BCUT2D eigenvalue weighted by Gasteiger charge is 2.40. The number of hydrogen-bond donors (Lipinski definition) is 2. The van der Waals surface area contributed by atoms with Gasteiger partial charge in [0.25, 0.3) is 0 Å². The van der Waals surface area contributed by atoms with Gasteiger partial charge in [-0.3, -0.25) is 9.78 Å². The SMILES string of the molecule is Cc1ncccc1NC(=O)C(C)(C)C(C)(C)N. The molecule has 1 rings (SSSR count). The molecule has 1 aromatic heterocycles. The van der Waals surface area contributed by atoms with Crippen LogP contribution < -0.4 is 11.1 Å². The summed E-state index contributed by atoms with van der Waals surface area (Å²) in [6.07, 6.45) is 1.70. The van der Waals surface area contributed by atoms with Crippen LogP contribution in [0.2, 0.25) is 0 Å². The van der Waals surface area contributed by atoms with Crippen LogP contribution in [0.25, 0.3) is 0 Å². The standard InChI is InChI=1S/C13H21N3O/c1-9-10(7-6-8-15-9)16-11(17)12(2,3)13(4,5)14/h6-8H,14H2,1-5H3,(H,16,17). The van der Waals surface area contributed by atoms with E-state index in [2.05, 4.69) is 10.3 Å². The monoisotopic (exact) mass is 235 g/mol. The third-order valence-electron chi connectivity index (χ3n) is 3.43. The Balaban J connectivity index is 2.91. The number of rotatable bonds is 3. The highest BCUT2D eigenvalue weighted by molar-refractivity contribution is 5.96. The van der Waals surface area contributed by atoms with Crippen molar-refractivity contribution < 1.29 is 4.79 Å². The molecule has 1 heterocycles. The Bertz CT molecular complexity index is 419. The summed E-state index contributed by atoms with van der Waals surface area (Å²) in [6.45, 7) is 9.24. The van der Waals surface area contributed by atoms with E-state index in [9.17, 15) is 4.79 Å². The van der Waals surface area contributed by atoms with Gasteiger partial charge in [0.2, 0.25) is 5.91 Å². The van der Waals surface area contributed by atoms with E-state index < -0.39 is 11.0 Å². The molecule has 0 aliphatic carbocycles. The zero-order chi connectivity index (χ0) is 13.3. The van der Waals surface area contributed by atoms with Crippen LogP contribution in [-0.4, -0.2) is 16.4 Å². The number of hydrogen-bond acceptors (Lipinski definition) is 3. The van der Waals surface area contributed by atoms with Crippen LogP contribution in [0.1, 0.15) is 33.4 Å². The summed E-state index contributed by atoms with van der Waals surface area (Å²) in [5, 5.41) is 2.88. The largest absolute Gasteiger partial charge is 0.325 e. The summed E-state index contributed by atoms with van der Waals surface area (Å²) in [6, 6.07) is 3.63. The molecule has 0 unspecified atom stereocenters. The lowest BCUT2D eigenvalue weighted by Crippen LogP contribution is -2.53. The summed E-state index contributed by atoms with van der Waals surface area (Å²) in [7, 11) is 0. The highest BCUT2D eigenvalue weighted by Crippen LogP contribution is 2.30. The quantitative estimate of drug-likeness (QED) is 0.843. The molecule has 0 aromatic carbocycles. The Morgan fingerprint density at radius 2 is 1.94 bits per heavy atom. The van der Waals surface area contributed by atoms with Crippen LogP contribution in [0.15, 0.2) is 18.3 Å². The molecule has 17 heavy (non-hydrogen) atoms. The minimum absolute atomic E-state index is 0.0962. The molecular formula is C13H21N3O. The van der Waals surface area contributed by atoms with Gasteiger partial charge in [-0.05, 0) is 46.8 Å². The van der Waals surface area contributed by atoms with Crippen molar-refractivity contribution in [2.24, 2.45) is 11.1 Å². The van der Waals surface area contributed by atoms with E-state index in [1.165, 1.54) is 0 Å². The predicted molar refractivity (Wildman–Crippen MR) is 69.7 cm³/mol. The molecule has 0 atom stereocenters. The maximum Gasteiger partial charge on any atom is 0.231 e. The van der Waals surface area contributed by atoms with Gasteiger partial charge >= 0.3 is 0 Å². The van der Waals surface area contributed by atoms with Crippen molar-refractivity contribution in [1.82, 2.24) is 4.98 Å². The fraction of sp³-hybridized carbons (Fsp3) is 0.538. The number of anilines is 1. The molecule has 3 N–H and O–H groups in total. The summed E-state index contributed by atoms with van der Waals surface area (Å²) in [4.78, 5) is 16.3. The number of amides is 1. The maximum absolute atomic E-state index is 12.2. The van der Waals surface area contributed by atoms with Gasteiger partial charge in [-0.2, -0.15) is 0 Å². The Kier molecular flexibility index (Phi) is 3.57. The fourth-order valence-electron chi connectivity index (χ4n) is 1.19. The van der Waals surface area contributed by atoms with Crippen molar-refractivity contribution in [2.75, 3.05) is 5.32 Å². The van der Waals surface area contributed by atoms with Crippen LogP contribution in [-0.2, 0) is 4.79 Å². The maximum atomic E-state index is 12.2. The number of carbonyl (C=O) groups is 1. The Morgan fingerprint density at radius 3 is 2.41 bits per heavy atom. The second-order valence-electron chi connectivity index (χ2n) is 5.44. The van der Waals surface area contributed by atoms with Gasteiger partial charge in [-0.25, -0.2) is 0 Å². The first-order valence-corrected chi connectivity index (χ1v) is 5.68. The van der Waals surface area contributed by atoms with Crippen LogP contribution in [0.4, 0.5) is 5.69 Å². The van der Waals surface area contributed by atoms with E-state index in [0.29, 0.717) is 0 Å². The van der Waals surface area contributed by atoms with Gasteiger partial charge in [-0.15, -0.1) is 0 Å². The smallest absolute Gasteiger partial charge is 0.231 e. The molecule has 0 fully saturated rings. The molecule has 94 valence electrons. The molecule has 4 heteroatoms. The van der Waals surface area contributed by atoms with E-state index in [0.717, 1.165) is 11.4 Å². The molecule has 1 amide bonds. The van der Waals surface area contributed by atoms with Gasteiger partial charge < -0.3 is 11.1 Å². The zero-order valence-electron chi connectivity index (χ0n) is 11.2. The van der Waals surface area contributed by atoms with Gasteiger partial charge in [0.15, 0.2) is 0 Å². The van der Waals surface area contributed by atoms with Crippen LogP contribution in [0.5, 0.6) is 0 Å². The molecule has 1 aromatic rings. The molecule has 4 nitrogen and oxygen atoms in total. The van der Waals surface area contributed by atoms with Crippen molar-refractivity contribution in [3.05, 3.63) is 24.0 Å². The number of aryl methyl sites for hydroxylation is 1. The molecular weight excluding hydrogens is 214 g/mol. The van der Waals surface area contributed by atoms with Gasteiger partial charge in [-0.1, -0.05) is 0 Å². The second kappa shape index (κ2) is 4.45. The van der Waals surface area contributed by atoms with Crippen molar-refractivity contribution in [3.63, 3.8) is 0 Å². The lowest BCUT2D eigenvalue weighted by Gasteiger charge is -2.36. The molecule has 0 spiro atoms. The molecule has 0 aliphatic heterocycles. The molecule has 0 bridgehead atoms. The van der Waals surface area contributed by atoms with E-state index in [1.807, 2.05) is 40.7 Å². The third-order valence-corrected chi connectivity index (χ3v) is 3.43. The van der Waals surface area contributed by atoms with Crippen molar-refractivity contribution in [2.45, 2.75) is 40.2 Å². The molecule has 0 saturated heterocycles. The number of carbonyl (C=O) groups excluding carboxylic acids is 1. The van der Waals surface area contributed by atoms with Crippen molar-refractivity contribution in [1.29, 1.82) is 0 Å². The third kappa shape index (κ3) is 2.82. The van der Waals surface area contributed by atoms with E-state index in [4.69, 9.17) is 5.73 Å². The highest BCUT2D eigenvalue weighted by atomic mass is 16.2. The molecule has 0 aliphatic rings. The van der Waals surface area contributed by atoms with Gasteiger partial charge in [0.1, 0.15) is 0 Å². The summed E-state index contributed by atoms with van der Waals surface area (Å²) < 4.78 is 0. The van der Waals surface area contributed by atoms with Crippen molar-refractivity contribution >= 4 is 11.6 Å². The fourth-order valence-corrected chi connectivity index (χ4v) is 1.19. The Morgan fingerprint density at radius 1 is 1.35 bits per heavy atom. The topological polar surface area (TPSA) is 68.0 Å².